The molecule has 7 nitrogen and oxygen atoms in total. The molecule has 34 heavy (non-hydrogen) atoms. The third kappa shape index (κ3) is 5.30. The minimum Gasteiger partial charge on any atom is -0.344 e. The Bertz CT molecular complexity index is 1400. The highest BCUT2D eigenvalue weighted by atomic mass is 79.9. The quantitative estimate of drug-likeness (QED) is 0.312. The van der Waals surface area contributed by atoms with Crippen molar-refractivity contribution in [3.63, 3.8) is 0 Å². The van der Waals surface area contributed by atoms with E-state index in [0.717, 1.165) is 15.6 Å². The molecule has 0 fully saturated rings. The predicted octanol–water partition coefficient (Wildman–Crippen LogP) is 5.00. The molecule has 172 valence electrons. The van der Waals surface area contributed by atoms with Gasteiger partial charge < -0.3 is 10.6 Å². The Kier molecular flexibility index (Phi) is 7.00. The number of hydrogen-bond donors (Lipinski definition) is 3. The number of halogens is 2. The van der Waals surface area contributed by atoms with Crippen LogP contribution in [0.2, 0.25) is 5.02 Å². The summed E-state index contributed by atoms with van der Waals surface area (Å²) < 4.78 is 2.21. The van der Waals surface area contributed by atoms with E-state index in [4.69, 9.17) is 11.6 Å². The van der Waals surface area contributed by atoms with Gasteiger partial charge in [-0.15, -0.1) is 0 Å². The topological polar surface area (TPSA) is 92.2 Å². The zero-order valence-corrected chi connectivity index (χ0v) is 20.4. The summed E-state index contributed by atoms with van der Waals surface area (Å²) >= 11 is 9.55. The Morgan fingerprint density at radius 3 is 2.44 bits per heavy atom. The average Bonchev–Trinajstić information content (AvgIpc) is 3.17. The predicted molar refractivity (Wildman–Crippen MR) is 136 cm³/mol. The fourth-order valence-corrected chi connectivity index (χ4v) is 3.83. The normalized spacial score (nSPS) is 10.7. The number of carbonyl (C=O) groups excluding carboxylic acids is 3. The molecule has 0 atom stereocenters. The summed E-state index contributed by atoms with van der Waals surface area (Å²) in [5.41, 5.74) is 5.59. The van der Waals surface area contributed by atoms with E-state index < -0.39 is 17.7 Å². The first-order chi connectivity index (χ1) is 16.3. The van der Waals surface area contributed by atoms with Gasteiger partial charge in [0.2, 0.25) is 0 Å². The monoisotopic (exact) mass is 538 g/mol. The fourth-order valence-electron chi connectivity index (χ4n) is 3.40. The number of aromatic nitrogens is 1. The van der Waals surface area contributed by atoms with Crippen LogP contribution >= 0.6 is 27.5 Å². The number of carbonyl (C=O) groups is 3. The van der Waals surface area contributed by atoms with E-state index in [1.54, 1.807) is 30.3 Å². The van der Waals surface area contributed by atoms with E-state index in [1.165, 1.54) is 4.68 Å². The minimum atomic E-state index is -0.906. The van der Waals surface area contributed by atoms with Crippen LogP contribution in [0.3, 0.4) is 0 Å². The summed E-state index contributed by atoms with van der Waals surface area (Å²) in [5, 5.41) is 6.52. The zero-order valence-electron chi connectivity index (χ0n) is 18.1. The van der Waals surface area contributed by atoms with E-state index in [-0.39, 0.29) is 12.2 Å². The van der Waals surface area contributed by atoms with Crippen molar-refractivity contribution in [3.05, 3.63) is 99.1 Å². The Morgan fingerprint density at radius 1 is 0.941 bits per heavy atom. The van der Waals surface area contributed by atoms with Gasteiger partial charge in [0.15, 0.2) is 0 Å². The molecule has 0 radical (unpaired) electrons. The molecule has 0 saturated carbocycles. The number of anilines is 1. The maximum Gasteiger partial charge on any atom is 0.328 e. The van der Waals surface area contributed by atoms with E-state index in [0.29, 0.717) is 21.6 Å². The van der Waals surface area contributed by atoms with Crippen LogP contribution in [-0.4, -0.2) is 22.4 Å². The smallest absolute Gasteiger partial charge is 0.328 e. The highest BCUT2D eigenvalue weighted by Crippen LogP contribution is 2.25. The first kappa shape index (κ1) is 23.5. The molecule has 3 amide bonds. The van der Waals surface area contributed by atoms with Crippen LogP contribution in [-0.2, 0) is 16.1 Å². The van der Waals surface area contributed by atoms with E-state index in [9.17, 15) is 14.4 Å². The number of benzene rings is 3. The summed E-state index contributed by atoms with van der Waals surface area (Å²) in [6, 6.07) is 21.2. The van der Waals surface area contributed by atoms with Crippen molar-refractivity contribution in [2.24, 2.45) is 0 Å². The number of nitrogens with zero attached hydrogens (tertiary/aromatic N) is 1. The van der Waals surface area contributed by atoms with Crippen LogP contribution in [0.5, 0.6) is 0 Å². The molecule has 9 heteroatoms. The lowest BCUT2D eigenvalue weighted by Crippen LogP contribution is -2.39. The zero-order chi connectivity index (χ0) is 24.2. The molecule has 4 rings (SSSR count). The SMILES string of the molecule is Cc1cc(NC(=O)c2cc3cc(Cl)ccc3n2NC(=O)C(=O)NCc2ccccc2)ccc1Br. The van der Waals surface area contributed by atoms with E-state index in [2.05, 4.69) is 32.0 Å². The summed E-state index contributed by atoms with van der Waals surface area (Å²) in [7, 11) is 0. The molecular formula is C25H20BrClN4O3. The molecular weight excluding hydrogens is 520 g/mol. The van der Waals surface area contributed by atoms with Crippen LogP contribution in [0.15, 0.2) is 77.3 Å². The van der Waals surface area contributed by atoms with E-state index in [1.807, 2.05) is 49.4 Å². The highest BCUT2D eigenvalue weighted by molar-refractivity contribution is 9.10. The van der Waals surface area contributed by atoms with Crippen LogP contribution in [0.25, 0.3) is 10.9 Å². The van der Waals surface area contributed by atoms with Crippen molar-refractivity contribution in [1.29, 1.82) is 0 Å². The molecule has 1 heterocycles. The first-order valence-electron chi connectivity index (χ1n) is 10.3. The average molecular weight is 540 g/mol. The fraction of sp³-hybridized carbons (Fsp3) is 0.0800. The van der Waals surface area contributed by atoms with Crippen molar-refractivity contribution >= 4 is 61.8 Å². The van der Waals surface area contributed by atoms with E-state index >= 15 is 0 Å². The standard InChI is InChI=1S/C25H20BrClN4O3/c1-15-11-19(8-9-20(15)26)29-23(32)22-13-17-12-18(27)7-10-21(17)31(22)30-25(34)24(33)28-14-16-5-3-2-4-6-16/h2-13H,14H2,1H3,(H,28,33)(H,29,32)(H,30,34). The van der Waals surface area contributed by atoms with Gasteiger partial charge in [-0.05, 0) is 60.5 Å². The molecule has 0 aliphatic carbocycles. The van der Waals surface area contributed by atoms with Gasteiger partial charge in [-0.2, -0.15) is 0 Å². The second-order valence-electron chi connectivity index (χ2n) is 7.60. The lowest BCUT2D eigenvalue weighted by Gasteiger charge is -2.13. The van der Waals surface area contributed by atoms with Crippen LogP contribution < -0.4 is 16.1 Å². The largest absolute Gasteiger partial charge is 0.344 e. The molecule has 0 bridgehead atoms. The molecule has 4 aromatic rings. The van der Waals surface area contributed by atoms with Gasteiger partial charge in [-0.1, -0.05) is 57.9 Å². The van der Waals surface area contributed by atoms with Gasteiger partial charge in [0.05, 0.1) is 5.52 Å². The third-order valence-electron chi connectivity index (χ3n) is 5.13. The van der Waals surface area contributed by atoms with Crippen molar-refractivity contribution in [3.8, 4) is 0 Å². The molecule has 0 spiro atoms. The number of hydrogen-bond acceptors (Lipinski definition) is 3. The van der Waals surface area contributed by atoms with Crippen LogP contribution in [0, 0.1) is 6.92 Å². The second kappa shape index (κ2) is 10.1. The van der Waals surface area contributed by atoms with Crippen molar-refractivity contribution in [2.45, 2.75) is 13.5 Å². The van der Waals surface area contributed by atoms with Gasteiger partial charge in [0.1, 0.15) is 5.69 Å². The van der Waals surface area contributed by atoms with Crippen LogP contribution in [0.4, 0.5) is 5.69 Å². The van der Waals surface area contributed by atoms with Gasteiger partial charge in [0.25, 0.3) is 5.91 Å². The Morgan fingerprint density at radius 2 is 1.71 bits per heavy atom. The summed E-state index contributed by atoms with van der Waals surface area (Å²) in [6.45, 7) is 2.11. The summed E-state index contributed by atoms with van der Waals surface area (Å²) in [4.78, 5) is 38.2. The Hall–Kier alpha value is -3.62. The van der Waals surface area contributed by atoms with Crippen molar-refractivity contribution in [1.82, 2.24) is 9.99 Å². The summed E-state index contributed by atoms with van der Waals surface area (Å²) in [6.07, 6.45) is 0. The highest BCUT2D eigenvalue weighted by Gasteiger charge is 2.21. The molecule has 0 saturated heterocycles. The molecule has 0 aliphatic heterocycles. The maximum atomic E-state index is 13.1. The lowest BCUT2D eigenvalue weighted by atomic mass is 10.2. The van der Waals surface area contributed by atoms with Gasteiger partial charge in [-0.3, -0.25) is 19.8 Å². The maximum absolute atomic E-state index is 13.1. The number of rotatable bonds is 5. The molecule has 0 unspecified atom stereocenters. The van der Waals surface area contributed by atoms with Crippen molar-refractivity contribution < 1.29 is 14.4 Å². The number of amides is 3. The molecule has 1 aromatic heterocycles. The minimum absolute atomic E-state index is 0.141. The number of fused-ring (bicyclic) bond motifs is 1. The number of aryl methyl sites for hydroxylation is 1. The van der Waals surface area contributed by atoms with Gasteiger partial charge in [0, 0.05) is 27.1 Å². The summed E-state index contributed by atoms with van der Waals surface area (Å²) in [5.74, 6) is -2.19. The van der Waals surface area contributed by atoms with Crippen molar-refractivity contribution in [2.75, 3.05) is 10.7 Å². The Labute approximate surface area is 209 Å². The molecule has 3 N–H and O–H groups in total. The Balaban J connectivity index is 1.58. The number of nitrogens with one attached hydrogen (secondary N) is 3. The van der Waals surface area contributed by atoms with Crippen LogP contribution in [0.1, 0.15) is 21.6 Å². The lowest BCUT2D eigenvalue weighted by molar-refractivity contribution is -0.136. The molecule has 0 aliphatic rings. The van der Waals surface area contributed by atoms with Gasteiger partial charge >= 0.3 is 11.8 Å². The molecule has 3 aromatic carbocycles. The third-order valence-corrected chi connectivity index (χ3v) is 6.25. The second-order valence-corrected chi connectivity index (χ2v) is 8.89. The van der Waals surface area contributed by atoms with Gasteiger partial charge in [-0.25, -0.2) is 4.68 Å². The first-order valence-corrected chi connectivity index (χ1v) is 11.5.